The Bertz CT molecular complexity index is 64.6. The normalized spacial score (nSPS) is 4.89. The van der Waals surface area contributed by atoms with Crippen LogP contribution in [0.4, 0.5) is 0 Å². The molecule has 0 heterocycles. The first-order valence-electron chi connectivity index (χ1n) is 1.05. The van der Waals surface area contributed by atoms with Gasteiger partial charge in [0.05, 0.1) is 0 Å². The third kappa shape index (κ3) is 374. The molecule has 0 radical (unpaired) electrons. The van der Waals surface area contributed by atoms with Gasteiger partial charge in [-0.3, -0.25) is 0 Å². The van der Waals surface area contributed by atoms with Crippen LogP contribution in [0, 0.1) is 10.7 Å². The van der Waals surface area contributed by atoms with Crippen molar-refractivity contribution in [3.63, 3.8) is 0 Å². The van der Waals surface area contributed by atoms with Crippen molar-refractivity contribution in [3.8, 4) is 5.40 Å². The first-order valence-corrected chi connectivity index (χ1v) is 2.69. The number of nitriles is 1. The molecule has 0 saturated heterocycles. The molecule has 0 aromatic carbocycles. The van der Waals surface area contributed by atoms with Crippen molar-refractivity contribution in [1.82, 2.24) is 6.15 Å². The number of rotatable bonds is 0. The average Bonchev–Trinajstić information content (AvgIpc) is 1.33. The Hall–Kier alpha value is 1.11. The van der Waals surface area contributed by atoms with Crippen molar-refractivity contribution >= 4 is 50.8 Å². The van der Waals surface area contributed by atoms with Crippen LogP contribution in [0.15, 0.2) is 0 Å². The summed E-state index contributed by atoms with van der Waals surface area (Å²) >= 11 is 3.09. The van der Waals surface area contributed by atoms with Gasteiger partial charge in [-0.2, -0.15) is 5.26 Å². The van der Waals surface area contributed by atoms with Crippen molar-refractivity contribution in [2.45, 2.75) is 0 Å². The Morgan fingerprint density at radius 2 is 1.33 bits per heavy atom. The van der Waals surface area contributed by atoms with Crippen LogP contribution in [-0.4, -0.2) is 44.2 Å². The number of hydrogen-bond acceptors (Lipinski definition) is 6. The molecule has 0 spiro atoms. The quantitative estimate of drug-likeness (QED) is 0.144. The summed E-state index contributed by atoms with van der Waals surface area (Å²) in [6.07, 6.45) is 0. The molecule has 0 aliphatic rings. The van der Waals surface area contributed by atoms with E-state index in [-0.39, 0.29) is 35.7 Å². The Kier molecular flexibility index (Phi) is 57.3. The van der Waals surface area contributed by atoms with Crippen molar-refractivity contribution < 1.29 is 14.7 Å². The molecule has 0 aliphatic carbocycles. The second-order valence-electron chi connectivity index (χ2n) is 0.368. The van der Waals surface area contributed by atoms with Gasteiger partial charge in [0, 0.05) is 0 Å². The molecule has 6 N–H and O–H groups in total. The van der Waals surface area contributed by atoms with E-state index in [0.29, 0.717) is 0 Å². The summed E-state index contributed by atoms with van der Waals surface area (Å²) in [5, 5.41) is 8.63. The van der Waals surface area contributed by atoms with E-state index in [9.17, 15) is 0 Å². The second kappa shape index (κ2) is 22.9. The van der Waals surface area contributed by atoms with E-state index in [0.717, 1.165) is 0 Å². The van der Waals surface area contributed by atoms with Crippen LogP contribution in [-0.2, 0) is 0 Å². The van der Waals surface area contributed by atoms with Gasteiger partial charge in [-0.15, -0.1) is 0 Å². The van der Waals surface area contributed by atoms with E-state index in [1.54, 1.807) is 0 Å². The van der Waals surface area contributed by atoms with Crippen LogP contribution in [0.25, 0.3) is 0 Å². The zero-order chi connectivity index (χ0) is 6.28. The van der Waals surface area contributed by atoms with E-state index in [2.05, 4.69) is 12.6 Å². The Morgan fingerprint density at radius 1 is 1.33 bits per heavy atom. The molecule has 0 fully saturated rings. The number of nitrogens with zero attached hydrogens (tertiary/aromatic N) is 1. The van der Waals surface area contributed by atoms with Crippen molar-refractivity contribution in [1.29, 1.82) is 5.26 Å². The van der Waals surface area contributed by atoms with Gasteiger partial charge >= 0.3 is 38.2 Å². The van der Waals surface area contributed by atoms with Gasteiger partial charge in [0.25, 0.3) is 0 Å². The molecule has 0 aromatic heterocycles. The first-order chi connectivity index (χ1) is 3.15. The van der Waals surface area contributed by atoms with Crippen LogP contribution in [0.1, 0.15) is 0 Å². The Labute approximate surface area is 82.0 Å². The van der Waals surface area contributed by atoms with Gasteiger partial charge in [0.15, 0.2) is 0 Å². The molecule has 8 heteroatoms. The van der Waals surface area contributed by atoms with Crippen LogP contribution in [0.2, 0.25) is 0 Å². The average molecular weight is 182 g/mol. The number of thiocyanates is 1. The minimum absolute atomic E-state index is 0. The predicted molar refractivity (Wildman–Crippen MR) is 40.3 cm³/mol. The molecule has 0 unspecified atom stereocenters. The van der Waals surface area contributed by atoms with E-state index < -0.39 is 8.60 Å². The van der Waals surface area contributed by atoms with Gasteiger partial charge in [-0.1, -0.05) is 12.6 Å². The summed E-state index contributed by atoms with van der Waals surface area (Å²) in [4.78, 5) is 21.7. The second-order valence-corrected chi connectivity index (χ2v) is 1.10. The summed E-state index contributed by atoms with van der Waals surface area (Å²) < 4.78 is 0. The molecule has 0 aromatic rings. The topological polar surface area (TPSA) is 119 Å². The van der Waals surface area contributed by atoms with Crippen molar-refractivity contribution in [2.24, 2.45) is 0 Å². The molecule has 5 nitrogen and oxygen atoms in total. The van der Waals surface area contributed by atoms with Gasteiger partial charge in [-0.05, 0) is 0 Å². The predicted octanol–water partition coefficient (Wildman–Crippen LogP) is -0.899. The monoisotopic (exact) mass is 182 g/mol. The molecule has 0 rings (SSSR count). The number of hydrogen-bond donors (Lipinski definition) is 5. The molecule has 0 saturated carbocycles. The fraction of sp³-hybridized carbons (Fsp3) is 0. The van der Waals surface area contributed by atoms with E-state index in [1.807, 2.05) is 0 Å². The standard InChI is InChI=1S/CHNS.H3N.Na.H3O3P.H/c2-1-3;;;1-4(2)3;/h3H;1H3;;1-3H;. The molecule has 9 heavy (non-hydrogen) atoms. The summed E-state index contributed by atoms with van der Waals surface area (Å²) in [5.41, 5.74) is 0. The van der Waals surface area contributed by atoms with Crippen LogP contribution < -0.4 is 6.15 Å². The fourth-order valence-electron chi connectivity index (χ4n) is 0. The van der Waals surface area contributed by atoms with Crippen LogP contribution in [0.3, 0.4) is 0 Å². The molecule has 52 valence electrons. The van der Waals surface area contributed by atoms with Crippen molar-refractivity contribution in [2.75, 3.05) is 0 Å². The summed E-state index contributed by atoms with van der Waals surface area (Å²) in [6, 6.07) is 0. The molecular formula is CH8N2NaO3PS. The third-order valence-corrected chi connectivity index (χ3v) is 0. The van der Waals surface area contributed by atoms with Crippen LogP contribution in [0.5, 0.6) is 0 Å². The molecular weight excluding hydrogens is 174 g/mol. The minimum atomic E-state index is -2.62. The Morgan fingerprint density at radius 3 is 1.33 bits per heavy atom. The molecule has 0 amide bonds. The van der Waals surface area contributed by atoms with Gasteiger partial charge in [0.2, 0.25) is 0 Å². The summed E-state index contributed by atoms with van der Waals surface area (Å²) in [6.45, 7) is 0. The van der Waals surface area contributed by atoms with Gasteiger partial charge in [0.1, 0.15) is 5.40 Å². The van der Waals surface area contributed by atoms with E-state index in [1.165, 1.54) is 5.40 Å². The summed E-state index contributed by atoms with van der Waals surface area (Å²) in [7, 11) is -2.62. The van der Waals surface area contributed by atoms with Gasteiger partial charge < -0.3 is 20.8 Å². The maximum absolute atomic E-state index is 7.23. The molecule has 0 bridgehead atoms. The van der Waals surface area contributed by atoms with E-state index >= 15 is 0 Å². The third-order valence-electron chi connectivity index (χ3n) is 0. The zero-order valence-electron chi connectivity index (χ0n) is 3.89. The fourth-order valence-corrected chi connectivity index (χ4v) is 0. The number of thiol groups is 1. The van der Waals surface area contributed by atoms with Gasteiger partial charge in [-0.25, -0.2) is 0 Å². The SMILES string of the molecule is N.N#CS.OP(O)O.[NaH]. The zero-order valence-corrected chi connectivity index (χ0v) is 5.68. The first kappa shape index (κ1) is 22.5. The van der Waals surface area contributed by atoms with E-state index in [4.69, 9.17) is 19.9 Å². The molecule has 0 aliphatic heterocycles. The Balaban J connectivity index is -0.0000000233. The maximum atomic E-state index is 7.23. The van der Waals surface area contributed by atoms with Crippen LogP contribution >= 0.6 is 21.2 Å². The molecule has 0 atom stereocenters. The summed E-state index contributed by atoms with van der Waals surface area (Å²) in [5.74, 6) is 0. The van der Waals surface area contributed by atoms with Crippen molar-refractivity contribution in [3.05, 3.63) is 0 Å².